The van der Waals surface area contributed by atoms with Crippen molar-refractivity contribution in [3.63, 3.8) is 0 Å². The van der Waals surface area contributed by atoms with Crippen molar-refractivity contribution in [2.24, 2.45) is 33.7 Å². The van der Waals surface area contributed by atoms with E-state index in [-0.39, 0.29) is 35.2 Å². The van der Waals surface area contributed by atoms with Gasteiger partial charge < -0.3 is 20.4 Å². The second-order valence-corrected chi connectivity index (χ2v) is 11.8. The van der Waals surface area contributed by atoms with Crippen molar-refractivity contribution in [2.45, 2.75) is 77.7 Å². The maximum absolute atomic E-state index is 12.1. The van der Waals surface area contributed by atoms with Crippen LogP contribution in [0.1, 0.15) is 70.8 Å². The van der Waals surface area contributed by atoms with E-state index < -0.39 is 0 Å². The molecule has 1 amide bonds. The highest BCUT2D eigenvalue weighted by Crippen LogP contribution is 2.65. The summed E-state index contributed by atoms with van der Waals surface area (Å²) in [6.07, 6.45) is 11.7. The molecule has 0 saturated heterocycles. The quantitative estimate of drug-likeness (QED) is 0.513. The van der Waals surface area contributed by atoms with Crippen molar-refractivity contribution in [1.29, 1.82) is 0 Å². The molecule has 0 aromatic heterocycles. The van der Waals surface area contributed by atoms with Gasteiger partial charge in [-0.3, -0.25) is 4.79 Å². The summed E-state index contributed by atoms with van der Waals surface area (Å²) >= 11 is 0. The molecule has 6 heteroatoms. The predicted octanol–water partition coefficient (Wildman–Crippen LogP) is 4.75. The molecule has 4 aliphatic rings. The number of allylic oxidation sites excluding steroid dienone is 2. The molecular weight excluding hydrogens is 440 g/mol. The number of phenolic OH excluding ortho intramolecular Hbond substituents is 1. The van der Waals surface area contributed by atoms with Gasteiger partial charge >= 0.3 is 0 Å². The van der Waals surface area contributed by atoms with E-state index in [1.54, 1.807) is 12.1 Å². The van der Waals surface area contributed by atoms with Crippen molar-refractivity contribution in [2.75, 3.05) is 13.2 Å². The number of hydrogen-bond donors (Lipinski definition) is 3. The number of nitrogens with zero attached hydrogens (tertiary/aromatic N) is 1. The number of oxime groups is 1. The number of nitrogens with one attached hydrogen (secondary N) is 1. The van der Waals surface area contributed by atoms with Gasteiger partial charge in [-0.05, 0) is 110 Å². The molecule has 0 radical (unpaired) electrons. The highest BCUT2D eigenvalue weighted by molar-refractivity contribution is 5.96. The number of fused-ring (bicyclic) bond motifs is 5. The molecule has 6 nitrogen and oxygen atoms in total. The zero-order valence-corrected chi connectivity index (χ0v) is 21.1. The van der Waals surface area contributed by atoms with E-state index in [4.69, 9.17) is 4.84 Å². The van der Waals surface area contributed by atoms with Gasteiger partial charge in [-0.25, -0.2) is 0 Å². The molecule has 35 heavy (non-hydrogen) atoms. The Balaban J connectivity index is 1.14. The Labute approximate surface area is 208 Å². The van der Waals surface area contributed by atoms with Gasteiger partial charge in [-0.2, -0.15) is 0 Å². The first-order chi connectivity index (χ1) is 16.8. The van der Waals surface area contributed by atoms with Crippen molar-refractivity contribution in [3.05, 3.63) is 41.5 Å². The van der Waals surface area contributed by atoms with Gasteiger partial charge in [-0.1, -0.05) is 36.7 Å². The Morgan fingerprint density at radius 2 is 1.89 bits per heavy atom. The molecule has 5 rings (SSSR count). The molecule has 1 aromatic carbocycles. The van der Waals surface area contributed by atoms with Gasteiger partial charge in [0.2, 0.25) is 0 Å². The summed E-state index contributed by atoms with van der Waals surface area (Å²) in [6.45, 7) is 5.24. The predicted molar refractivity (Wildman–Crippen MR) is 136 cm³/mol. The molecule has 190 valence electrons. The topological polar surface area (TPSA) is 91.2 Å². The zero-order valence-electron chi connectivity index (χ0n) is 21.1. The number of benzene rings is 1. The van der Waals surface area contributed by atoms with Crippen LogP contribution in [0, 0.1) is 28.6 Å². The minimum absolute atomic E-state index is 0.0766. The summed E-state index contributed by atoms with van der Waals surface area (Å²) in [5.74, 6) is 2.17. The minimum Gasteiger partial charge on any atom is -0.508 e. The van der Waals surface area contributed by atoms with Crippen molar-refractivity contribution < 1.29 is 19.8 Å². The van der Waals surface area contributed by atoms with Crippen LogP contribution in [-0.2, 0) is 16.1 Å². The number of rotatable bonds is 6. The van der Waals surface area contributed by atoms with Crippen molar-refractivity contribution in [3.8, 4) is 5.75 Å². The Bertz CT molecular complexity index is 1000. The van der Waals surface area contributed by atoms with E-state index in [2.05, 4.69) is 30.4 Å². The van der Waals surface area contributed by atoms with Crippen LogP contribution >= 0.6 is 0 Å². The molecule has 0 bridgehead atoms. The van der Waals surface area contributed by atoms with Crippen molar-refractivity contribution in [1.82, 2.24) is 5.32 Å². The third-order valence-electron chi connectivity index (χ3n) is 9.98. The lowest BCUT2D eigenvalue weighted by atomic mass is 9.47. The second-order valence-electron chi connectivity index (χ2n) is 11.8. The number of aromatic hydroxyl groups is 1. The molecule has 3 fully saturated rings. The Morgan fingerprint density at radius 1 is 1.09 bits per heavy atom. The van der Waals surface area contributed by atoms with Gasteiger partial charge in [0.1, 0.15) is 5.75 Å². The molecule has 6 atom stereocenters. The third-order valence-corrected chi connectivity index (χ3v) is 9.98. The number of carbonyl (C=O) groups excluding carboxylic acids is 1. The average Bonchev–Trinajstić information content (AvgIpc) is 3.15. The van der Waals surface area contributed by atoms with Gasteiger partial charge in [0, 0.05) is 6.54 Å². The SMILES string of the molecule is C[C@]12CC/C(=N/OCC(=O)NCCc3ccc(O)cc3)C=C1CCC1C2CC[C@@]2(C)C1CC[C@H]2O. The van der Waals surface area contributed by atoms with Crippen LogP contribution in [0.2, 0.25) is 0 Å². The molecule has 0 heterocycles. The second kappa shape index (κ2) is 9.61. The lowest BCUT2D eigenvalue weighted by molar-refractivity contribution is -0.125. The fourth-order valence-corrected chi connectivity index (χ4v) is 7.85. The molecule has 3 N–H and O–H groups in total. The largest absolute Gasteiger partial charge is 0.508 e. The Morgan fingerprint density at radius 3 is 2.69 bits per heavy atom. The molecule has 0 spiro atoms. The van der Waals surface area contributed by atoms with E-state index in [1.165, 1.54) is 24.8 Å². The monoisotopic (exact) mass is 480 g/mol. The molecule has 3 saturated carbocycles. The molecular formula is C29H40N2O4. The summed E-state index contributed by atoms with van der Waals surface area (Å²) < 4.78 is 0. The first kappa shape index (κ1) is 24.4. The number of amides is 1. The van der Waals surface area contributed by atoms with Crippen LogP contribution in [0.4, 0.5) is 0 Å². The fourth-order valence-electron chi connectivity index (χ4n) is 7.85. The molecule has 3 unspecified atom stereocenters. The number of hydrogen-bond acceptors (Lipinski definition) is 5. The molecule has 4 aliphatic carbocycles. The van der Waals surface area contributed by atoms with Crippen LogP contribution in [0.25, 0.3) is 0 Å². The van der Waals surface area contributed by atoms with Gasteiger partial charge in [-0.15, -0.1) is 0 Å². The van der Waals surface area contributed by atoms with Crippen LogP contribution in [-0.4, -0.2) is 41.1 Å². The van der Waals surface area contributed by atoms with Crippen LogP contribution in [0.5, 0.6) is 5.75 Å². The lowest BCUT2D eigenvalue weighted by Crippen LogP contribution is -2.51. The molecule has 0 aliphatic heterocycles. The maximum Gasteiger partial charge on any atom is 0.260 e. The zero-order chi connectivity index (χ0) is 24.6. The smallest absolute Gasteiger partial charge is 0.260 e. The van der Waals surface area contributed by atoms with Crippen LogP contribution in [0.15, 0.2) is 41.1 Å². The number of aliphatic hydroxyl groups excluding tert-OH is 1. The number of phenols is 1. The van der Waals surface area contributed by atoms with E-state index in [0.29, 0.717) is 24.8 Å². The van der Waals surface area contributed by atoms with E-state index >= 15 is 0 Å². The van der Waals surface area contributed by atoms with Gasteiger partial charge in [0.05, 0.1) is 11.8 Å². The van der Waals surface area contributed by atoms with E-state index in [1.807, 2.05) is 12.1 Å². The van der Waals surface area contributed by atoms with Crippen LogP contribution < -0.4 is 5.32 Å². The minimum atomic E-state index is -0.175. The third kappa shape index (κ3) is 4.62. The highest BCUT2D eigenvalue weighted by atomic mass is 16.6. The lowest BCUT2D eigenvalue weighted by Gasteiger charge is -2.57. The normalized spacial score (nSPS) is 37.1. The Kier molecular flexibility index (Phi) is 6.69. The summed E-state index contributed by atoms with van der Waals surface area (Å²) in [7, 11) is 0. The summed E-state index contributed by atoms with van der Waals surface area (Å²) in [4.78, 5) is 17.6. The number of carbonyl (C=O) groups is 1. The van der Waals surface area contributed by atoms with Crippen LogP contribution in [0.3, 0.4) is 0 Å². The van der Waals surface area contributed by atoms with Gasteiger partial charge in [0.25, 0.3) is 5.91 Å². The number of aliphatic hydroxyl groups is 1. The maximum atomic E-state index is 12.1. The molecule has 1 aromatic rings. The van der Waals surface area contributed by atoms with E-state index in [9.17, 15) is 15.0 Å². The van der Waals surface area contributed by atoms with Gasteiger partial charge in [0.15, 0.2) is 6.61 Å². The first-order valence-electron chi connectivity index (χ1n) is 13.4. The average molecular weight is 481 g/mol. The standard InChI is InChI=1S/C29H40N2O4/c1-28-14-11-21(31-35-18-27(34)30-16-13-19-3-6-22(32)7-4-19)17-20(28)5-8-23-24-9-10-26(33)29(24,2)15-12-25(23)28/h3-4,6-7,17,23-26,32-33H,5,8-16,18H2,1-2H3,(H,30,34)/b31-21-/t23?,24?,25?,26-,28+,29+/m1/s1. The Hall–Kier alpha value is -2.34. The first-order valence-corrected chi connectivity index (χ1v) is 13.4. The van der Waals surface area contributed by atoms with E-state index in [0.717, 1.165) is 49.3 Å². The summed E-state index contributed by atoms with van der Waals surface area (Å²) in [6, 6.07) is 7.00. The fraction of sp³-hybridized carbons (Fsp3) is 0.655. The highest BCUT2D eigenvalue weighted by Gasteiger charge is 2.58. The summed E-state index contributed by atoms with van der Waals surface area (Å²) in [5.41, 5.74) is 3.86. The summed E-state index contributed by atoms with van der Waals surface area (Å²) in [5, 5.41) is 27.2. The van der Waals surface area contributed by atoms with Crippen molar-refractivity contribution >= 4 is 11.6 Å².